The number of thiophene rings is 1. The highest BCUT2D eigenvalue weighted by atomic mass is 32.1. The summed E-state index contributed by atoms with van der Waals surface area (Å²) >= 11 is 1.64. The molecule has 15 rings (SSSR count). The molecule has 0 amide bonds. The van der Waals surface area contributed by atoms with Gasteiger partial charge in [0, 0.05) is 42.7 Å². The van der Waals surface area contributed by atoms with Crippen LogP contribution >= 0.6 is 11.3 Å². The number of benzene rings is 12. The lowest BCUT2D eigenvalue weighted by Crippen LogP contribution is -1.96. The highest BCUT2D eigenvalue weighted by molar-refractivity contribution is 7.26. The molecule has 0 aliphatic rings. The van der Waals surface area contributed by atoms with Crippen LogP contribution in [0.5, 0.6) is 0 Å². The lowest BCUT2D eigenvalue weighted by molar-refractivity contribution is 1.17. The number of aromatic nitrogens is 2. The first-order chi connectivity index (χ1) is 45.5. The lowest BCUT2D eigenvalue weighted by atomic mass is 9.87. The zero-order valence-electron chi connectivity index (χ0n) is 59.3. The highest BCUT2D eigenvalue weighted by Crippen LogP contribution is 2.47. The Bertz CT molecular complexity index is 5650. The van der Waals surface area contributed by atoms with Gasteiger partial charge in [0.1, 0.15) is 0 Å². The number of hydrogen-bond donors (Lipinski definition) is 0. The number of hydrogen-bond acceptors (Lipinski definition) is 1. The Hall–Kier alpha value is -9.54. The Morgan fingerprint density at radius 2 is 0.747 bits per heavy atom. The van der Waals surface area contributed by atoms with Crippen LogP contribution in [0.2, 0.25) is 0 Å². The van der Waals surface area contributed by atoms with Crippen LogP contribution in [-0.2, 0) is 0 Å². The molecule has 0 N–H and O–H groups in total. The molecule has 0 bridgehead atoms. The van der Waals surface area contributed by atoms with Crippen LogP contribution in [0.3, 0.4) is 0 Å². The van der Waals surface area contributed by atoms with Gasteiger partial charge in [-0.25, -0.2) is 0 Å². The molecular weight excluding hydrogens is 925 g/mol. The van der Waals surface area contributed by atoms with E-state index >= 15 is 0 Å². The average Bonchev–Trinajstić information content (AvgIpc) is 1.66. The van der Waals surface area contributed by atoms with Crippen molar-refractivity contribution in [1.29, 1.82) is 0 Å². The summed E-state index contributed by atoms with van der Waals surface area (Å²) in [7, 11) is 0. The Kier molecular flexibility index (Phi) is 6.45. The maximum absolute atomic E-state index is 9.27. The van der Waals surface area contributed by atoms with Crippen molar-refractivity contribution < 1.29 is 27.4 Å². The molecule has 0 unspecified atom stereocenters. The van der Waals surface area contributed by atoms with Gasteiger partial charge in [-0.3, -0.25) is 0 Å². The second-order valence-corrected chi connectivity index (χ2v) is 19.1. The van der Waals surface area contributed by atoms with Gasteiger partial charge in [-0.15, -0.1) is 11.3 Å². The number of rotatable bonds is 8. The molecule has 0 spiro atoms. The van der Waals surface area contributed by atoms with Crippen LogP contribution < -0.4 is 0 Å². The molecular formula is C72H46N2S. The van der Waals surface area contributed by atoms with Crippen LogP contribution in [0, 0.1) is 0 Å². The first-order valence-corrected chi connectivity index (χ1v) is 24.9. The molecule has 0 fully saturated rings. The van der Waals surface area contributed by atoms with Crippen molar-refractivity contribution in [2.24, 2.45) is 0 Å². The van der Waals surface area contributed by atoms with E-state index in [1.807, 2.05) is 91.0 Å². The van der Waals surface area contributed by atoms with E-state index in [2.05, 4.69) is 33.4 Å². The zero-order chi connectivity index (χ0) is 66.8. The first kappa shape index (κ1) is 27.5. The summed E-state index contributed by atoms with van der Waals surface area (Å²) in [4.78, 5) is 0. The van der Waals surface area contributed by atoms with Crippen molar-refractivity contribution in [3.63, 3.8) is 0 Å². The minimum atomic E-state index is -0.610. The summed E-state index contributed by atoms with van der Waals surface area (Å²) in [6, 6.07) is 37.7. The molecule has 3 heteroatoms. The normalized spacial score (nSPS) is 15.5. The van der Waals surface area contributed by atoms with Crippen LogP contribution in [0.4, 0.5) is 0 Å². The first-order valence-electron chi connectivity index (χ1n) is 34.1. The molecule has 0 aliphatic heterocycles. The lowest BCUT2D eigenvalue weighted by Gasteiger charge is -2.17. The average molecular weight is 991 g/mol. The molecule has 12 aromatic carbocycles. The van der Waals surface area contributed by atoms with E-state index in [0.717, 1.165) is 53.2 Å². The van der Waals surface area contributed by atoms with Crippen LogP contribution in [0.25, 0.3) is 142 Å². The van der Waals surface area contributed by atoms with Gasteiger partial charge in [-0.05, 0) is 121 Å². The van der Waals surface area contributed by atoms with E-state index in [-0.39, 0.29) is 55.6 Å². The zero-order valence-corrected chi connectivity index (χ0v) is 40.1. The second kappa shape index (κ2) is 17.6. The van der Waals surface area contributed by atoms with Crippen molar-refractivity contribution in [1.82, 2.24) is 9.13 Å². The monoisotopic (exact) mass is 990 g/mol. The van der Waals surface area contributed by atoms with Crippen LogP contribution in [-0.4, -0.2) is 9.13 Å². The summed E-state index contributed by atoms with van der Waals surface area (Å²) in [6.45, 7) is 0. The largest absolute Gasteiger partial charge is 0.309 e. The third-order valence-corrected chi connectivity index (χ3v) is 15.3. The molecule has 2 nitrogen and oxygen atoms in total. The van der Waals surface area contributed by atoms with Crippen molar-refractivity contribution in [2.75, 3.05) is 0 Å². The molecule has 15 aromatic rings. The van der Waals surface area contributed by atoms with Gasteiger partial charge < -0.3 is 9.13 Å². The summed E-state index contributed by atoms with van der Waals surface area (Å²) in [6.07, 6.45) is 0. The fourth-order valence-corrected chi connectivity index (χ4v) is 12.2. The van der Waals surface area contributed by atoms with E-state index < -0.39 is 121 Å². The van der Waals surface area contributed by atoms with Gasteiger partial charge in [0.05, 0.1) is 59.9 Å². The summed E-state index contributed by atoms with van der Waals surface area (Å²) in [5.41, 5.74) is 5.62. The third-order valence-electron chi connectivity index (χ3n) is 14.1. The fraction of sp³-hybridized carbons (Fsp3) is 0. The number of fused-ring (bicyclic) bond motifs is 9. The highest BCUT2D eigenvalue weighted by Gasteiger charge is 2.23. The van der Waals surface area contributed by atoms with Gasteiger partial charge in [0.25, 0.3) is 0 Å². The quantitative estimate of drug-likeness (QED) is 0.144. The Morgan fingerprint density at radius 3 is 1.35 bits per heavy atom. The smallest absolute Gasteiger partial charge is 0.0640 e. The summed E-state index contributed by atoms with van der Waals surface area (Å²) in [5, 5.41) is 5.10. The fourth-order valence-electron chi connectivity index (χ4n) is 11.0. The maximum Gasteiger partial charge on any atom is 0.0640 e. The molecule has 0 atom stereocenters. The summed E-state index contributed by atoms with van der Waals surface area (Å²) < 4.78 is 184. The van der Waals surface area contributed by atoms with Gasteiger partial charge in [-0.2, -0.15) is 0 Å². The van der Waals surface area contributed by atoms with E-state index in [9.17, 15) is 11.0 Å². The number of para-hydroxylation sites is 1. The Labute approximate surface area is 467 Å². The molecule has 0 aliphatic carbocycles. The van der Waals surface area contributed by atoms with E-state index in [0.29, 0.717) is 33.1 Å². The topological polar surface area (TPSA) is 9.86 Å². The molecule has 3 heterocycles. The molecule has 0 saturated heterocycles. The Morgan fingerprint density at radius 1 is 0.293 bits per heavy atom. The SMILES string of the molecule is [2H]c1c([2H])c([2H])c(-c2cccc(-c3c([2H])c([2H])c([2H])c([2H])c3[2H])c2-c2ccc3c(c2)c2cc(-n4c5ccccc5c5ccc(-c6c(-c7c([2H])c([2H])c([2H])c([2H])c7[2H])cccc6-c6c([2H])c([2H])c([2H])c([2H])c6[2H])cc54)ccc2n3-c2cccc3c2sc2ccccc23)c([2H])c1[2H]. The van der Waals surface area contributed by atoms with Crippen molar-refractivity contribution in [2.45, 2.75) is 0 Å². The second-order valence-electron chi connectivity index (χ2n) is 18.1. The number of nitrogens with zero attached hydrogens (tertiary/aromatic N) is 2. The van der Waals surface area contributed by atoms with Crippen molar-refractivity contribution >= 4 is 75.1 Å². The molecule has 0 saturated carbocycles. The summed E-state index contributed by atoms with van der Waals surface area (Å²) in [5.74, 6) is 0. The molecule has 3 aromatic heterocycles. The minimum absolute atomic E-state index is 0.147. The predicted octanol–water partition coefficient (Wildman–Crippen LogP) is 20.3. The van der Waals surface area contributed by atoms with Gasteiger partial charge in [-0.1, -0.05) is 224 Å². The minimum Gasteiger partial charge on any atom is -0.309 e. The van der Waals surface area contributed by atoms with E-state index in [1.54, 1.807) is 53.8 Å². The molecule has 75 heavy (non-hydrogen) atoms. The molecule has 0 radical (unpaired) electrons. The van der Waals surface area contributed by atoms with E-state index in [4.69, 9.17) is 16.4 Å². The maximum atomic E-state index is 9.27. The van der Waals surface area contributed by atoms with Gasteiger partial charge in [0.15, 0.2) is 0 Å². The molecule has 350 valence electrons. The van der Waals surface area contributed by atoms with Crippen LogP contribution in [0.15, 0.2) is 279 Å². The van der Waals surface area contributed by atoms with Crippen LogP contribution in [0.1, 0.15) is 27.4 Å². The predicted molar refractivity (Wildman–Crippen MR) is 321 cm³/mol. The third kappa shape index (κ3) is 7.01. The van der Waals surface area contributed by atoms with Gasteiger partial charge in [0.2, 0.25) is 0 Å². The Balaban J connectivity index is 1.05. The van der Waals surface area contributed by atoms with E-state index in [1.165, 1.54) is 0 Å². The standard InChI is InChI=1S/C72H46N2S/c1-5-20-47(21-6-1)54-30-17-31-55(48-22-7-2-8-23-48)70(54)51-39-42-65-62(44-51)63-46-53(40-43-66(63)74(65)67-36-19-34-61-60-29-14-16-37-69(60)75-72(61)67)73-64-35-15-13-28-58(64)59-41-38-52(45-68(59)73)71-56(49-24-9-3-10-25-49)32-18-33-57(71)50-26-11-4-12-27-50/h1-46H/i1D,2D,3D,4D,5D,6D,7D,8D,9D,10D,11D,12D,20D,21D,22D,23D,24D,25D,26D,27D. The van der Waals surface area contributed by atoms with Crippen molar-refractivity contribution in [3.05, 3.63) is 279 Å². The van der Waals surface area contributed by atoms with Gasteiger partial charge >= 0.3 is 0 Å². The van der Waals surface area contributed by atoms with Crippen molar-refractivity contribution in [3.8, 4) is 78.1 Å².